The largest absolute Gasteiger partial charge is 0.384 e. The van der Waals surface area contributed by atoms with Gasteiger partial charge in [-0.3, -0.25) is 4.79 Å². The number of hydrogen-bond donors (Lipinski definition) is 1. The van der Waals surface area contributed by atoms with Crippen LogP contribution in [0.4, 0.5) is 5.69 Å². The molecule has 4 heteroatoms. The Balaban J connectivity index is 1.75. The van der Waals surface area contributed by atoms with E-state index in [4.69, 9.17) is 5.26 Å². The van der Waals surface area contributed by atoms with Crippen LogP contribution in [0.25, 0.3) is 0 Å². The van der Waals surface area contributed by atoms with Gasteiger partial charge < -0.3 is 10.2 Å². The maximum absolute atomic E-state index is 12.1. The number of likely N-dealkylation sites (tertiary alicyclic amines) is 1. The molecule has 1 fully saturated rings. The van der Waals surface area contributed by atoms with E-state index >= 15 is 0 Å². The summed E-state index contributed by atoms with van der Waals surface area (Å²) in [6, 6.07) is 9.43. The fraction of sp³-hybridized carbons (Fsp3) is 0.500. The third-order valence-electron chi connectivity index (χ3n) is 3.80. The van der Waals surface area contributed by atoms with E-state index in [1.807, 2.05) is 17.0 Å². The summed E-state index contributed by atoms with van der Waals surface area (Å²) in [6.07, 6.45) is 2.73. The summed E-state index contributed by atoms with van der Waals surface area (Å²) in [4.78, 5) is 14.0. The molecular formula is C16H21N3O. The zero-order valence-electron chi connectivity index (χ0n) is 11.9. The van der Waals surface area contributed by atoms with Gasteiger partial charge in [0.2, 0.25) is 5.91 Å². The first-order chi connectivity index (χ1) is 9.69. The van der Waals surface area contributed by atoms with E-state index in [-0.39, 0.29) is 5.91 Å². The van der Waals surface area contributed by atoms with Crippen molar-refractivity contribution in [3.63, 3.8) is 0 Å². The number of nitriles is 1. The normalized spacial score (nSPS) is 15.7. The van der Waals surface area contributed by atoms with Crippen LogP contribution in [0.15, 0.2) is 24.3 Å². The number of rotatable bonds is 4. The summed E-state index contributed by atoms with van der Waals surface area (Å²) < 4.78 is 0. The van der Waals surface area contributed by atoms with Crippen LogP contribution in [-0.4, -0.2) is 30.4 Å². The summed E-state index contributed by atoms with van der Waals surface area (Å²) in [5, 5.41) is 12.0. The van der Waals surface area contributed by atoms with E-state index in [1.54, 1.807) is 12.1 Å². The van der Waals surface area contributed by atoms with Gasteiger partial charge in [0, 0.05) is 31.7 Å². The Morgan fingerprint density at radius 3 is 2.90 bits per heavy atom. The van der Waals surface area contributed by atoms with Crippen LogP contribution in [-0.2, 0) is 4.79 Å². The first kappa shape index (κ1) is 14.4. The molecular weight excluding hydrogens is 250 g/mol. The quantitative estimate of drug-likeness (QED) is 0.915. The summed E-state index contributed by atoms with van der Waals surface area (Å²) in [7, 11) is 0. The zero-order valence-corrected chi connectivity index (χ0v) is 11.9. The molecule has 1 amide bonds. The number of nitrogens with one attached hydrogen (secondary N) is 1. The highest BCUT2D eigenvalue weighted by atomic mass is 16.2. The Morgan fingerprint density at radius 1 is 1.45 bits per heavy atom. The highest BCUT2D eigenvalue weighted by molar-refractivity contribution is 5.76. The number of hydrogen-bond acceptors (Lipinski definition) is 3. The van der Waals surface area contributed by atoms with Crippen molar-refractivity contribution >= 4 is 11.6 Å². The smallest absolute Gasteiger partial charge is 0.224 e. The molecule has 0 unspecified atom stereocenters. The fourth-order valence-corrected chi connectivity index (χ4v) is 2.43. The molecule has 1 N–H and O–H groups in total. The Labute approximate surface area is 120 Å². The SMILES string of the molecule is CC1CCN(C(=O)CCNc2cccc(C#N)c2)CC1. The Bertz CT molecular complexity index is 499. The van der Waals surface area contributed by atoms with Gasteiger partial charge in [0.05, 0.1) is 11.6 Å². The first-order valence-corrected chi connectivity index (χ1v) is 7.21. The van der Waals surface area contributed by atoms with Crippen LogP contribution in [0.2, 0.25) is 0 Å². The van der Waals surface area contributed by atoms with Crippen molar-refractivity contribution in [2.75, 3.05) is 25.0 Å². The van der Waals surface area contributed by atoms with Crippen LogP contribution in [0.3, 0.4) is 0 Å². The molecule has 4 nitrogen and oxygen atoms in total. The van der Waals surface area contributed by atoms with Crippen molar-refractivity contribution in [2.24, 2.45) is 5.92 Å². The average Bonchev–Trinajstić information content (AvgIpc) is 2.48. The van der Waals surface area contributed by atoms with Crippen molar-refractivity contribution < 1.29 is 4.79 Å². The fourth-order valence-electron chi connectivity index (χ4n) is 2.43. The molecule has 0 aliphatic carbocycles. The highest BCUT2D eigenvalue weighted by Crippen LogP contribution is 2.16. The summed E-state index contributed by atoms with van der Waals surface area (Å²) >= 11 is 0. The van der Waals surface area contributed by atoms with Gasteiger partial charge in [-0.05, 0) is 37.0 Å². The molecule has 1 aliphatic rings. The number of carbonyl (C=O) groups is 1. The molecule has 0 spiro atoms. The van der Waals surface area contributed by atoms with Gasteiger partial charge in [0.1, 0.15) is 0 Å². The molecule has 1 saturated heterocycles. The van der Waals surface area contributed by atoms with E-state index in [0.29, 0.717) is 18.5 Å². The molecule has 0 bridgehead atoms. The third kappa shape index (κ3) is 3.99. The highest BCUT2D eigenvalue weighted by Gasteiger charge is 2.19. The van der Waals surface area contributed by atoms with Gasteiger partial charge in [-0.25, -0.2) is 0 Å². The van der Waals surface area contributed by atoms with E-state index < -0.39 is 0 Å². The van der Waals surface area contributed by atoms with Crippen molar-refractivity contribution in [2.45, 2.75) is 26.2 Å². The molecule has 2 rings (SSSR count). The Morgan fingerprint density at radius 2 is 2.20 bits per heavy atom. The van der Waals surface area contributed by atoms with Crippen LogP contribution in [0.5, 0.6) is 0 Å². The van der Waals surface area contributed by atoms with Gasteiger partial charge in [-0.1, -0.05) is 13.0 Å². The molecule has 0 radical (unpaired) electrons. The molecule has 1 aromatic rings. The lowest BCUT2D eigenvalue weighted by Gasteiger charge is -2.30. The van der Waals surface area contributed by atoms with Gasteiger partial charge in [-0.2, -0.15) is 5.26 Å². The summed E-state index contributed by atoms with van der Waals surface area (Å²) in [5.41, 5.74) is 1.52. The summed E-state index contributed by atoms with van der Waals surface area (Å²) in [5.74, 6) is 0.965. The maximum atomic E-state index is 12.1. The Kier molecular flexibility index (Phi) is 5.00. The number of nitrogens with zero attached hydrogens (tertiary/aromatic N) is 2. The third-order valence-corrected chi connectivity index (χ3v) is 3.80. The molecule has 1 aromatic carbocycles. The lowest BCUT2D eigenvalue weighted by atomic mass is 9.99. The second-order valence-electron chi connectivity index (χ2n) is 5.43. The number of benzene rings is 1. The van der Waals surface area contributed by atoms with Gasteiger partial charge in [0.25, 0.3) is 0 Å². The molecule has 20 heavy (non-hydrogen) atoms. The molecule has 1 heterocycles. The topological polar surface area (TPSA) is 56.1 Å². The van der Waals surface area contributed by atoms with Crippen molar-refractivity contribution in [3.05, 3.63) is 29.8 Å². The molecule has 106 valence electrons. The number of amides is 1. The van der Waals surface area contributed by atoms with E-state index in [9.17, 15) is 4.79 Å². The van der Waals surface area contributed by atoms with Crippen LogP contribution >= 0.6 is 0 Å². The summed E-state index contributed by atoms with van der Waals surface area (Å²) in [6.45, 7) is 4.64. The predicted octanol–water partition coefficient (Wildman–Crippen LogP) is 2.62. The standard InChI is InChI=1S/C16H21N3O/c1-13-6-9-19(10-7-13)16(20)5-8-18-15-4-2-3-14(11-15)12-17/h2-4,11,13,18H,5-10H2,1H3. The zero-order chi connectivity index (χ0) is 14.4. The van der Waals surface area contributed by atoms with Crippen LogP contribution in [0, 0.1) is 17.2 Å². The molecule has 0 atom stereocenters. The van der Waals surface area contributed by atoms with Crippen molar-refractivity contribution in [1.29, 1.82) is 5.26 Å². The maximum Gasteiger partial charge on any atom is 0.224 e. The van der Waals surface area contributed by atoms with Crippen molar-refractivity contribution in [3.8, 4) is 6.07 Å². The second kappa shape index (κ2) is 6.95. The lowest BCUT2D eigenvalue weighted by Crippen LogP contribution is -2.38. The number of piperidine rings is 1. The predicted molar refractivity (Wildman–Crippen MR) is 79.2 cm³/mol. The van der Waals surface area contributed by atoms with Crippen LogP contribution < -0.4 is 5.32 Å². The van der Waals surface area contributed by atoms with Crippen LogP contribution in [0.1, 0.15) is 31.7 Å². The lowest BCUT2D eigenvalue weighted by molar-refractivity contribution is -0.132. The number of carbonyl (C=O) groups excluding carboxylic acids is 1. The second-order valence-corrected chi connectivity index (χ2v) is 5.43. The molecule has 0 aromatic heterocycles. The van der Waals surface area contributed by atoms with Gasteiger partial charge in [0.15, 0.2) is 0 Å². The molecule has 1 aliphatic heterocycles. The molecule has 0 saturated carbocycles. The monoisotopic (exact) mass is 271 g/mol. The Hall–Kier alpha value is -2.02. The average molecular weight is 271 g/mol. The van der Waals surface area contributed by atoms with E-state index in [1.165, 1.54) is 0 Å². The number of anilines is 1. The van der Waals surface area contributed by atoms with E-state index in [0.717, 1.165) is 37.5 Å². The minimum atomic E-state index is 0.223. The minimum absolute atomic E-state index is 0.223. The first-order valence-electron chi connectivity index (χ1n) is 7.21. The van der Waals surface area contributed by atoms with E-state index in [2.05, 4.69) is 18.3 Å². The minimum Gasteiger partial charge on any atom is -0.384 e. The van der Waals surface area contributed by atoms with Crippen molar-refractivity contribution in [1.82, 2.24) is 4.90 Å². The van der Waals surface area contributed by atoms with Gasteiger partial charge in [-0.15, -0.1) is 0 Å². The van der Waals surface area contributed by atoms with Gasteiger partial charge >= 0.3 is 0 Å².